The molecule has 0 amide bonds. The molecule has 6 heteroatoms. The monoisotopic (exact) mass is 414 g/mol. The molecule has 0 fully saturated rings. The third kappa shape index (κ3) is 5.77. The van der Waals surface area contributed by atoms with Gasteiger partial charge in [0.15, 0.2) is 0 Å². The van der Waals surface area contributed by atoms with Crippen molar-refractivity contribution < 1.29 is 28.6 Å². The first-order chi connectivity index (χ1) is 15.0. The van der Waals surface area contributed by atoms with Gasteiger partial charge in [-0.2, -0.15) is 0 Å². The molecule has 3 aromatic carbocycles. The largest absolute Gasteiger partial charge is 0.423 e. The fraction of sp³-hybridized carbons (Fsp3) is 0. The minimum Gasteiger partial charge on any atom is -0.423 e. The van der Waals surface area contributed by atoms with Crippen LogP contribution in [0.15, 0.2) is 98.1 Å². The summed E-state index contributed by atoms with van der Waals surface area (Å²) in [6.07, 6.45) is 2.15. The average molecular weight is 414 g/mol. The number of rotatable bonds is 7. The van der Waals surface area contributed by atoms with E-state index in [1.807, 2.05) is 0 Å². The van der Waals surface area contributed by atoms with Gasteiger partial charge in [-0.3, -0.25) is 0 Å². The molecule has 0 aliphatic heterocycles. The maximum Gasteiger partial charge on any atom is 0.343 e. The van der Waals surface area contributed by atoms with Gasteiger partial charge in [0.25, 0.3) is 0 Å². The van der Waals surface area contributed by atoms with E-state index in [2.05, 4.69) is 13.2 Å². The normalized spacial score (nSPS) is 9.94. The Hall–Kier alpha value is -4.45. The van der Waals surface area contributed by atoms with E-state index >= 15 is 0 Å². The van der Waals surface area contributed by atoms with E-state index in [-0.39, 0.29) is 0 Å². The summed E-state index contributed by atoms with van der Waals surface area (Å²) in [5.74, 6) is -0.565. The van der Waals surface area contributed by atoms with E-state index < -0.39 is 17.9 Å². The van der Waals surface area contributed by atoms with Crippen LogP contribution in [-0.4, -0.2) is 17.9 Å². The van der Waals surface area contributed by atoms with Gasteiger partial charge in [-0.15, -0.1) is 0 Å². The Kier molecular flexibility index (Phi) is 6.75. The number of carbonyl (C=O) groups excluding carboxylic acids is 3. The van der Waals surface area contributed by atoms with Gasteiger partial charge < -0.3 is 14.2 Å². The molecule has 0 saturated carbocycles. The van der Waals surface area contributed by atoms with Gasteiger partial charge >= 0.3 is 17.9 Å². The molecule has 0 radical (unpaired) electrons. The second kappa shape index (κ2) is 9.84. The highest BCUT2D eigenvalue weighted by Gasteiger charge is 2.10. The predicted molar refractivity (Wildman–Crippen MR) is 115 cm³/mol. The molecule has 0 atom stereocenters. The number of carbonyl (C=O) groups is 3. The minimum atomic E-state index is -0.572. The second-order valence-corrected chi connectivity index (χ2v) is 6.21. The number of hydrogen-bond acceptors (Lipinski definition) is 6. The molecule has 0 spiro atoms. The van der Waals surface area contributed by atoms with E-state index in [9.17, 15) is 14.4 Å². The summed E-state index contributed by atoms with van der Waals surface area (Å²) < 4.78 is 15.4. The van der Waals surface area contributed by atoms with Crippen molar-refractivity contribution in [3.05, 3.63) is 104 Å². The minimum absolute atomic E-state index is 0.317. The molecule has 0 aromatic heterocycles. The fourth-order valence-electron chi connectivity index (χ4n) is 2.57. The van der Waals surface area contributed by atoms with Gasteiger partial charge in [0.05, 0.1) is 5.56 Å². The second-order valence-electron chi connectivity index (χ2n) is 6.21. The lowest BCUT2D eigenvalue weighted by Gasteiger charge is -2.07. The van der Waals surface area contributed by atoms with Crippen molar-refractivity contribution in [1.82, 2.24) is 0 Å². The van der Waals surface area contributed by atoms with Gasteiger partial charge in [-0.05, 0) is 59.7 Å². The van der Waals surface area contributed by atoms with Crippen molar-refractivity contribution in [2.45, 2.75) is 0 Å². The molecule has 6 nitrogen and oxygen atoms in total. The third-order valence-electron chi connectivity index (χ3n) is 4.11. The first-order valence-corrected chi connectivity index (χ1v) is 9.20. The third-order valence-corrected chi connectivity index (χ3v) is 4.11. The van der Waals surface area contributed by atoms with Crippen LogP contribution >= 0.6 is 0 Å². The fourth-order valence-corrected chi connectivity index (χ4v) is 2.57. The van der Waals surface area contributed by atoms with Gasteiger partial charge in [-0.25, -0.2) is 14.4 Å². The quantitative estimate of drug-likeness (QED) is 0.315. The van der Waals surface area contributed by atoms with Crippen molar-refractivity contribution in [2.24, 2.45) is 0 Å². The first kappa shape index (κ1) is 21.3. The molecule has 0 heterocycles. The van der Waals surface area contributed by atoms with Crippen LogP contribution in [0.3, 0.4) is 0 Å². The molecule has 0 aliphatic rings. The smallest absolute Gasteiger partial charge is 0.343 e. The molecule has 154 valence electrons. The molecule has 0 aliphatic carbocycles. The van der Waals surface area contributed by atoms with Crippen LogP contribution in [-0.2, 0) is 9.59 Å². The number of hydrogen-bond donors (Lipinski definition) is 0. The molecule has 3 rings (SSSR count). The lowest BCUT2D eigenvalue weighted by Crippen LogP contribution is -2.08. The van der Waals surface area contributed by atoms with E-state index in [1.54, 1.807) is 48.5 Å². The highest BCUT2D eigenvalue weighted by Crippen LogP contribution is 2.24. The van der Waals surface area contributed by atoms with Crippen molar-refractivity contribution in [3.8, 4) is 28.4 Å². The molecule has 0 N–H and O–H groups in total. The zero-order chi connectivity index (χ0) is 22.2. The predicted octanol–water partition coefficient (Wildman–Crippen LogP) is 4.76. The summed E-state index contributed by atoms with van der Waals surface area (Å²) in [4.78, 5) is 34.8. The van der Waals surface area contributed by atoms with E-state index in [1.165, 1.54) is 24.3 Å². The van der Waals surface area contributed by atoms with Gasteiger partial charge in [-0.1, -0.05) is 37.4 Å². The maximum absolute atomic E-state index is 12.4. The van der Waals surface area contributed by atoms with E-state index in [0.717, 1.165) is 23.3 Å². The van der Waals surface area contributed by atoms with Gasteiger partial charge in [0, 0.05) is 12.2 Å². The highest BCUT2D eigenvalue weighted by atomic mass is 16.5. The zero-order valence-corrected chi connectivity index (χ0v) is 16.4. The number of ether oxygens (including phenoxy) is 3. The van der Waals surface area contributed by atoms with Crippen molar-refractivity contribution >= 4 is 17.9 Å². The summed E-state index contributed by atoms with van der Waals surface area (Å²) in [5.41, 5.74) is 2.15. The summed E-state index contributed by atoms with van der Waals surface area (Å²) in [6.45, 7) is 6.68. The van der Waals surface area contributed by atoms with Crippen molar-refractivity contribution in [1.29, 1.82) is 0 Å². The Balaban J connectivity index is 1.63. The van der Waals surface area contributed by atoms with Crippen molar-refractivity contribution in [2.75, 3.05) is 0 Å². The first-order valence-electron chi connectivity index (χ1n) is 9.20. The summed E-state index contributed by atoms with van der Waals surface area (Å²) in [7, 11) is 0. The SMILES string of the molecule is C=CC(=O)Oc1ccc(OC(=O)c2ccc(-c3ccc(OC(=O)C=C)cc3)cc2)cc1. The Labute approximate surface area is 179 Å². The van der Waals surface area contributed by atoms with Crippen LogP contribution in [0, 0.1) is 0 Å². The van der Waals surface area contributed by atoms with Crippen molar-refractivity contribution in [3.63, 3.8) is 0 Å². The Morgan fingerprint density at radius 1 is 0.548 bits per heavy atom. The molecule has 3 aromatic rings. The summed E-state index contributed by atoms with van der Waals surface area (Å²) >= 11 is 0. The Morgan fingerprint density at radius 3 is 1.32 bits per heavy atom. The standard InChI is InChI=1S/C25H18O6/c1-3-23(26)29-20-11-9-18(10-12-20)17-5-7-19(8-6-17)25(28)31-22-15-13-21(14-16-22)30-24(27)4-2/h3-16H,1-2H2. The Bertz CT molecular complexity index is 1110. The van der Waals surface area contributed by atoms with Crippen LogP contribution in [0.4, 0.5) is 0 Å². The highest BCUT2D eigenvalue weighted by molar-refractivity contribution is 5.91. The van der Waals surface area contributed by atoms with Crippen LogP contribution < -0.4 is 14.2 Å². The zero-order valence-electron chi connectivity index (χ0n) is 16.4. The Morgan fingerprint density at radius 2 is 0.903 bits per heavy atom. The molecule has 0 saturated heterocycles. The summed E-state index contributed by atoms with van der Waals surface area (Å²) in [6, 6.07) is 19.9. The lowest BCUT2D eigenvalue weighted by molar-refractivity contribution is -0.129. The molecule has 0 unspecified atom stereocenters. The number of benzene rings is 3. The van der Waals surface area contributed by atoms with E-state index in [4.69, 9.17) is 14.2 Å². The molecular formula is C25H18O6. The summed E-state index contributed by atoms with van der Waals surface area (Å²) in [5, 5.41) is 0. The molecule has 31 heavy (non-hydrogen) atoms. The van der Waals surface area contributed by atoms with Crippen LogP contribution in [0.5, 0.6) is 17.2 Å². The molecular weight excluding hydrogens is 396 g/mol. The molecule has 0 bridgehead atoms. The van der Waals surface area contributed by atoms with Crippen LogP contribution in [0.25, 0.3) is 11.1 Å². The topological polar surface area (TPSA) is 78.9 Å². The van der Waals surface area contributed by atoms with Crippen LogP contribution in [0.1, 0.15) is 10.4 Å². The average Bonchev–Trinajstić information content (AvgIpc) is 2.80. The van der Waals surface area contributed by atoms with Gasteiger partial charge in [0.2, 0.25) is 0 Å². The van der Waals surface area contributed by atoms with E-state index in [0.29, 0.717) is 22.8 Å². The maximum atomic E-state index is 12.4. The van der Waals surface area contributed by atoms with Crippen LogP contribution in [0.2, 0.25) is 0 Å². The lowest BCUT2D eigenvalue weighted by atomic mass is 10.0. The number of esters is 3. The van der Waals surface area contributed by atoms with Gasteiger partial charge in [0.1, 0.15) is 17.2 Å².